The van der Waals surface area contributed by atoms with Gasteiger partial charge in [-0.05, 0) is 31.0 Å². The van der Waals surface area contributed by atoms with Gasteiger partial charge >= 0.3 is 0 Å². The van der Waals surface area contributed by atoms with Crippen molar-refractivity contribution in [2.45, 2.75) is 19.4 Å². The molecule has 2 aromatic rings. The van der Waals surface area contributed by atoms with Gasteiger partial charge < -0.3 is 5.73 Å². The predicted molar refractivity (Wildman–Crippen MR) is 80.6 cm³/mol. The van der Waals surface area contributed by atoms with E-state index in [4.69, 9.17) is 40.5 Å². The van der Waals surface area contributed by atoms with Gasteiger partial charge in [0.05, 0.1) is 17.8 Å². The molecule has 7 heteroatoms. The minimum absolute atomic E-state index is 0.0284. The third-order valence-electron chi connectivity index (χ3n) is 2.94. The lowest BCUT2D eigenvalue weighted by Crippen LogP contribution is -2.11. The van der Waals surface area contributed by atoms with Crippen molar-refractivity contribution in [3.63, 3.8) is 0 Å². The molecule has 0 bridgehead atoms. The predicted octanol–water partition coefficient (Wildman–Crippen LogP) is 3.75. The number of primary amides is 1. The van der Waals surface area contributed by atoms with E-state index in [0.717, 1.165) is 5.56 Å². The fraction of sp³-hybridized carbons (Fsp3) is 0.231. The van der Waals surface area contributed by atoms with Gasteiger partial charge in [0.25, 0.3) is 5.91 Å². The Kier molecular flexibility index (Phi) is 4.58. The molecule has 0 aliphatic rings. The van der Waals surface area contributed by atoms with E-state index in [1.54, 1.807) is 23.0 Å². The van der Waals surface area contributed by atoms with Crippen molar-refractivity contribution >= 4 is 40.7 Å². The molecule has 1 heterocycles. The van der Waals surface area contributed by atoms with Crippen LogP contribution >= 0.6 is 34.8 Å². The maximum Gasteiger partial charge on any atom is 0.251 e. The lowest BCUT2D eigenvalue weighted by Gasteiger charge is -2.14. The number of amides is 1. The number of nitrogens with two attached hydrogens (primary N) is 1. The lowest BCUT2D eigenvalue weighted by atomic mass is 10.1. The van der Waals surface area contributed by atoms with E-state index >= 15 is 0 Å². The molecule has 0 saturated carbocycles. The normalized spacial score (nSPS) is 12.4. The molecule has 1 aromatic carbocycles. The molecule has 1 amide bonds. The van der Waals surface area contributed by atoms with E-state index in [0.29, 0.717) is 27.1 Å². The molecule has 0 radical (unpaired) electrons. The zero-order valence-corrected chi connectivity index (χ0v) is 12.9. The molecule has 2 rings (SSSR count). The van der Waals surface area contributed by atoms with Crippen LogP contribution in [0.4, 0.5) is 0 Å². The van der Waals surface area contributed by atoms with Gasteiger partial charge in [0.15, 0.2) is 0 Å². The molecule has 1 atom stereocenters. The summed E-state index contributed by atoms with van der Waals surface area (Å²) in [4.78, 5) is 11.1. The number of carbonyl (C=O) groups is 1. The molecule has 0 spiro atoms. The highest BCUT2D eigenvalue weighted by Crippen LogP contribution is 2.31. The number of rotatable bonds is 4. The maximum atomic E-state index is 11.1. The third-order valence-corrected chi connectivity index (χ3v) is 3.84. The van der Waals surface area contributed by atoms with E-state index < -0.39 is 5.91 Å². The molecule has 0 aliphatic heterocycles. The minimum atomic E-state index is -0.508. The summed E-state index contributed by atoms with van der Waals surface area (Å²) < 4.78 is 1.65. The van der Waals surface area contributed by atoms with Crippen molar-refractivity contribution in [3.8, 4) is 0 Å². The van der Waals surface area contributed by atoms with Crippen molar-refractivity contribution in [1.82, 2.24) is 9.78 Å². The largest absolute Gasteiger partial charge is 0.366 e. The fourth-order valence-corrected chi connectivity index (χ4v) is 2.83. The highest BCUT2D eigenvalue weighted by Gasteiger charge is 2.15. The summed E-state index contributed by atoms with van der Waals surface area (Å²) in [6, 6.07) is 3.27. The minimum Gasteiger partial charge on any atom is -0.366 e. The molecule has 106 valence electrons. The number of halogens is 3. The van der Waals surface area contributed by atoms with Crippen LogP contribution in [0.15, 0.2) is 24.5 Å². The van der Waals surface area contributed by atoms with Gasteiger partial charge in [0.2, 0.25) is 0 Å². The van der Waals surface area contributed by atoms with Crippen molar-refractivity contribution < 1.29 is 4.79 Å². The van der Waals surface area contributed by atoms with Crippen molar-refractivity contribution in [2.75, 3.05) is 0 Å². The Morgan fingerprint density at radius 1 is 1.35 bits per heavy atom. The van der Waals surface area contributed by atoms with E-state index in [2.05, 4.69) is 5.10 Å². The molecule has 0 aliphatic carbocycles. The number of aromatic nitrogens is 2. The topological polar surface area (TPSA) is 60.9 Å². The highest BCUT2D eigenvalue weighted by molar-refractivity contribution is 6.39. The number of nitrogens with zero attached hydrogens (tertiary/aromatic N) is 2. The van der Waals surface area contributed by atoms with Crippen LogP contribution < -0.4 is 5.73 Å². The standard InChI is InChI=1S/C13H12Cl3N3O/c1-7(19-6-8(5-18-19)13(17)20)2-10-11(15)3-9(14)4-12(10)16/h3-7H,2H2,1H3,(H2,17,20)/t7-/m0/s1. The summed E-state index contributed by atoms with van der Waals surface area (Å²) in [5.74, 6) is -0.508. The SMILES string of the molecule is C[C@@H](Cc1c(Cl)cc(Cl)cc1Cl)n1cc(C(N)=O)cn1. The number of benzene rings is 1. The Morgan fingerprint density at radius 2 is 1.95 bits per heavy atom. The number of hydrogen-bond donors (Lipinski definition) is 1. The molecule has 0 fully saturated rings. The summed E-state index contributed by atoms with van der Waals surface area (Å²) in [6.07, 6.45) is 3.60. The van der Waals surface area contributed by atoms with Crippen LogP contribution in [0.3, 0.4) is 0 Å². The lowest BCUT2D eigenvalue weighted by molar-refractivity contribution is 0.1000. The first-order valence-electron chi connectivity index (χ1n) is 5.86. The van der Waals surface area contributed by atoms with E-state index in [9.17, 15) is 4.79 Å². The second-order valence-corrected chi connectivity index (χ2v) is 5.73. The zero-order chi connectivity index (χ0) is 14.9. The van der Waals surface area contributed by atoms with E-state index in [1.165, 1.54) is 6.20 Å². The summed E-state index contributed by atoms with van der Waals surface area (Å²) in [5.41, 5.74) is 6.35. The molecule has 1 aromatic heterocycles. The van der Waals surface area contributed by atoms with Crippen LogP contribution in [0.5, 0.6) is 0 Å². The summed E-state index contributed by atoms with van der Waals surface area (Å²) in [7, 11) is 0. The molecule has 2 N–H and O–H groups in total. The first-order chi connectivity index (χ1) is 9.38. The molecule has 0 saturated heterocycles. The van der Waals surface area contributed by atoms with Crippen LogP contribution in [-0.4, -0.2) is 15.7 Å². The molecular formula is C13H12Cl3N3O. The number of hydrogen-bond acceptors (Lipinski definition) is 2. The van der Waals surface area contributed by atoms with Crippen LogP contribution in [0.2, 0.25) is 15.1 Å². The first-order valence-corrected chi connectivity index (χ1v) is 6.99. The van der Waals surface area contributed by atoms with Gasteiger partial charge in [0, 0.05) is 21.3 Å². The molecule has 4 nitrogen and oxygen atoms in total. The quantitative estimate of drug-likeness (QED) is 0.927. The van der Waals surface area contributed by atoms with E-state index in [1.807, 2.05) is 6.92 Å². The van der Waals surface area contributed by atoms with Crippen LogP contribution in [-0.2, 0) is 6.42 Å². The average Bonchev–Trinajstić information content (AvgIpc) is 2.83. The third kappa shape index (κ3) is 3.26. The van der Waals surface area contributed by atoms with Gasteiger partial charge in [0.1, 0.15) is 0 Å². The first kappa shape index (κ1) is 15.2. The fourth-order valence-electron chi connectivity index (χ4n) is 1.86. The Balaban J connectivity index is 2.23. The van der Waals surface area contributed by atoms with Gasteiger partial charge in [-0.1, -0.05) is 34.8 Å². The maximum absolute atomic E-state index is 11.1. The Hall–Kier alpha value is -1.23. The van der Waals surface area contributed by atoms with Crippen LogP contribution in [0.1, 0.15) is 28.9 Å². The Morgan fingerprint density at radius 3 is 2.45 bits per heavy atom. The Bertz CT molecular complexity index is 631. The molecular weight excluding hydrogens is 321 g/mol. The highest BCUT2D eigenvalue weighted by atomic mass is 35.5. The second kappa shape index (κ2) is 6.04. The smallest absolute Gasteiger partial charge is 0.251 e. The summed E-state index contributed by atoms with van der Waals surface area (Å²) in [5, 5.41) is 5.63. The van der Waals surface area contributed by atoms with Gasteiger partial charge in [-0.2, -0.15) is 5.10 Å². The van der Waals surface area contributed by atoms with Crippen LogP contribution in [0, 0.1) is 0 Å². The van der Waals surface area contributed by atoms with E-state index in [-0.39, 0.29) is 6.04 Å². The van der Waals surface area contributed by atoms with Gasteiger partial charge in [-0.25, -0.2) is 0 Å². The number of carbonyl (C=O) groups excluding carboxylic acids is 1. The summed E-state index contributed by atoms with van der Waals surface area (Å²) in [6.45, 7) is 1.94. The van der Waals surface area contributed by atoms with Gasteiger partial charge in [-0.15, -0.1) is 0 Å². The zero-order valence-electron chi connectivity index (χ0n) is 10.6. The van der Waals surface area contributed by atoms with Crippen molar-refractivity contribution in [3.05, 3.63) is 50.7 Å². The molecule has 0 unspecified atom stereocenters. The monoisotopic (exact) mass is 331 g/mol. The second-order valence-electron chi connectivity index (χ2n) is 4.47. The Labute approximate surface area is 131 Å². The van der Waals surface area contributed by atoms with Crippen molar-refractivity contribution in [2.24, 2.45) is 5.73 Å². The summed E-state index contributed by atoms with van der Waals surface area (Å²) >= 11 is 18.2. The van der Waals surface area contributed by atoms with Crippen molar-refractivity contribution in [1.29, 1.82) is 0 Å². The van der Waals surface area contributed by atoms with Crippen LogP contribution in [0.25, 0.3) is 0 Å². The van der Waals surface area contributed by atoms with Gasteiger partial charge in [-0.3, -0.25) is 9.48 Å². The molecule has 20 heavy (non-hydrogen) atoms. The average molecular weight is 333 g/mol.